The second-order valence-corrected chi connectivity index (χ2v) is 6.03. The van der Waals surface area contributed by atoms with Gasteiger partial charge in [-0.15, -0.1) is 12.4 Å². The molecule has 0 spiro atoms. The molecule has 1 fully saturated rings. The van der Waals surface area contributed by atoms with Crippen LogP contribution >= 0.6 is 24.0 Å². The van der Waals surface area contributed by atoms with Crippen LogP contribution in [0, 0.1) is 5.92 Å². The first-order chi connectivity index (χ1) is 8.81. The minimum Gasteiger partial charge on any atom is -0.317 e. The van der Waals surface area contributed by atoms with Gasteiger partial charge in [0.1, 0.15) is 0 Å². The van der Waals surface area contributed by atoms with Gasteiger partial charge in [-0.2, -0.15) is 0 Å². The smallest absolute Gasteiger partial charge is 0.0408 e. The molecule has 0 aliphatic carbocycles. The Morgan fingerprint density at radius 3 is 2.79 bits per heavy atom. The Bertz CT molecular complexity index is 417. The predicted octanol–water partition coefficient (Wildman–Crippen LogP) is 3.12. The van der Waals surface area contributed by atoms with Gasteiger partial charge < -0.3 is 5.32 Å². The molecule has 1 N–H and O–H groups in total. The molecule has 1 aromatic rings. The predicted molar refractivity (Wildman–Crippen MR) is 83.3 cm³/mol. The summed E-state index contributed by atoms with van der Waals surface area (Å²) in [6.07, 6.45) is 3.83. The van der Waals surface area contributed by atoms with E-state index in [1.807, 2.05) is 6.07 Å². The van der Waals surface area contributed by atoms with E-state index in [9.17, 15) is 0 Å². The van der Waals surface area contributed by atoms with Crippen LogP contribution in [0.15, 0.2) is 18.2 Å². The standard InChI is InChI=1S/C15H21ClN2.ClH/c16-15-2-1-14-11-18(8-5-13(14)9-15)10-12-3-6-17-7-4-12;/h1-2,9,12,17H,3-8,10-11H2;1H. The van der Waals surface area contributed by atoms with Crippen LogP contribution in [0.2, 0.25) is 5.02 Å². The number of halogens is 2. The van der Waals surface area contributed by atoms with E-state index < -0.39 is 0 Å². The van der Waals surface area contributed by atoms with Crippen molar-refractivity contribution in [3.63, 3.8) is 0 Å². The summed E-state index contributed by atoms with van der Waals surface area (Å²) < 4.78 is 0. The van der Waals surface area contributed by atoms with Gasteiger partial charge in [0.05, 0.1) is 0 Å². The van der Waals surface area contributed by atoms with Gasteiger partial charge in [0.25, 0.3) is 0 Å². The molecule has 1 saturated heterocycles. The molecule has 0 radical (unpaired) electrons. The monoisotopic (exact) mass is 300 g/mol. The lowest BCUT2D eigenvalue weighted by molar-refractivity contribution is 0.191. The van der Waals surface area contributed by atoms with Crippen LogP contribution in [0.5, 0.6) is 0 Å². The molecule has 0 unspecified atom stereocenters. The minimum absolute atomic E-state index is 0. The largest absolute Gasteiger partial charge is 0.317 e. The summed E-state index contributed by atoms with van der Waals surface area (Å²) in [7, 11) is 0. The van der Waals surface area contributed by atoms with Crippen molar-refractivity contribution in [2.45, 2.75) is 25.8 Å². The molecular formula is C15H22Cl2N2. The van der Waals surface area contributed by atoms with Crippen molar-refractivity contribution < 1.29 is 0 Å². The summed E-state index contributed by atoms with van der Waals surface area (Å²) in [6, 6.07) is 6.36. The Morgan fingerprint density at radius 1 is 1.21 bits per heavy atom. The topological polar surface area (TPSA) is 15.3 Å². The summed E-state index contributed by atoms with van der Waals surface area (Å²) in [6.45, 7) is 5.97. The van der Waals surface area contributed by atoms with Crippen LogP contribution in [0.4, 0.5) is 0 Å². The first kappa shape index (κ1) is 15.1. The van der Waals surface area contributed by atoms with E-state index in [0.717, 1.165) is 23.9 Å². The zero-order chi connectivity index (χ0) is 12.4. The molecule has 2 nitrogen and oxygen atoms in total. The number of rotatable bonds is 2. The van der Waals surface area contributed by atoms with Gasteiger partial charge in [0.2, 0.25) is 0 Å². The highest BCUT2D eigenvalue weighted by Gasteiger charge is 2.21. The first-order valence-corrected chi connectivity index (χ1v) is 7.39. The van der Waals surface area contributed by atoms with Gasteiger partial charge in [-0.3, -0.25) is 4.90 Å². The van der Waals surface area contributed by atoms with E-state index >= 15 is 0 Å². The van der Waals surface area contributed by atoms with Crippen molar-refractivity contribution in [2.75, 3.05) is 26.2 Å². The summed E-state index contributed by atoms with van der Waals surface area (Å²) >= 11 is 6.05. The third kappa shape index (κ3) is 3.85. The van der Waals surface area contributed by atoms with Gasteiger partial charge >= 0.3 is 0 Å². The first-order valence-electron chi connectivity index (χ1n) is 7.01. The zero-order valence-electron chi connectivity index (χ0n) is 11.2. The normalized spacial score (nSPS) is 20.7. The van der Waals surface area contributed by atoms with E-state index in [2.05, 4.69) is 22.3 Å². The third-order valence-electron chi connectivity index (χ3n) is 4.23. The van der Waals surface area contributed by atoms with Gasteiger partial charge in [-0.05, 0) is 61.5 Å². The Kier molecular flexibility index (Phi) is 5.52. The molecule has 2 aliphatic rings. The minimum atomic E-state index is 0. The molecule has 2 heterocycles. The number of piperidine rings is 1. The lowest BCUT2D eigenvalue weighted by atomic mass is 9.94. The van der Waals surface area contributed by atoms with E-state index in [4.69, 9.17) is 11.6 Å². The molecule has 0 bridgehead atoms. The van der Waals surface area contributed by atoms with Crippen LogP contribution in [0.3, 0.4) is 0 Å². The number of hydrogen-bond acceptors (Lipinski definition) is 2. The van der Waals surface area contributed by atoms with E-state index in [0.29, 0.717) is 0 Å². The van der Waals surface area contributed by atoms with Crippen molar-refractivity contribution >= 4 is 24.0 Å². The van der Waals surface area contributed by atoms with Gasteiger partial charge in [-0.25, -0.2) is 0 Å². The molecule has 0 saturated carbocycles. The molecule has 0 amide bonds. The Morgan fingerprint density at radius 2 is 2.00 bits per heavy atom. The van der Waals surface area contributed by atoms with Crippen LogP contribution in [0.1, 0.15) is 24.0 Å². The van der Waals surface area contributed by atoms with Crippen molar-refractivity contribution in [3.05, 3.63) is 34.3 Å². The van der Waals surface area contributed by atoms with Crippen LogP contribution in [-0.4, -0.2) is 31.1 Å². The lowest BCUT2D eigenvalue weighted by Gasteiger charge is -2.33. The second kappa shape index (κ2) is 6.94. The van der Waals surface area contributed by atoms with Gasteiger partial charge in [0, 0.05) is 24.7 Å². The fraction of sp³-hybridized carbons (Fsp3) is 0.600. The highest BCUT2D eigenvalue weighted by Crippen LogP contribution is 2.24. The molecule has 2 aliphatic heterocycles. The zero-order valence-corrected chi connectivity index (χ0v) is 12.8. The number of nitrogens with one attached hydrogen (secondary N) is 1. The number of hydrogen-bond donors (Lipinski definition) is 1. The summed E-state index contributed by atoms with van der Waals surface area (Å²) in [5, 5.41) is 4.32. The molecule has 19 heavy (non-hydrogen) atoms. The maximum absolute atomic E-state index is 6.05. The van der Waals surface area contributed by atoms with Gasteiger partial charge in [0.15, 0.2) is 0 Å². The van der Waals surface area contributed by atoms with Crippen molar-refractivity contribution in [3.8, 4) is 0 Å². The maximum Gasteiger partial charge on any atom is 0.0408 e. The fourth-order valence-electron chi connectivity index (χ4n) is 3.17. The third-order valence-corrected chi connectivity index (χ3v) is 4.47. The molecular weight excluding hydrogens is 279 g/mol. The van der Waals surface area contributed by atoms with Crippen molar-refractivity contribution in [1.29, 1.82) is 0 Å². The number of nitrogens with zero attached hydrogens (tertiary/aromatic N) is 1. The second-order valence-electron chi connectivity index (χ2n) is 5.59. The van der Waals surface area contributed by atoms with Crippen LogP contribution in [0.25, 0.3) is 0 Å². The van der Waals surface area contributed by atoms with E-state index in [1.54, 1.807) is 0 Å². The van der Waals surface area contributed by atoms with Crippen LogP contribution in [-0.2, 0) is 13.0 Å². The molecule has 0 atom stereocenters. The van der Waals surface area contributed by atoms with Crippen LogP contribution < -0.4 is 5.32 Å². The Balaban J connectivity index is 0.00000133. The summed E-state index contributed by atoms with van der Waals surface area (Å²) in [4.78, 5) is 2.62. The van der Waals surface area contributed by atoms with Crippen molar-refractivity contribution in [2.24, 2.45) is 5.92 Å². The molecule has 4 heteroatoms. The summed E-state index contributed by atoms with van der Waals surface area (Å²) in [5.41, 5.74) is 2.92. The highest BCUT2D eigenvalue weighted by molar-refractivity contribution is 6.30. The molecule has 0 aromatic heterocycles. The SMILES string of the molecule is Cl.Clc1ccc2c(c1)CCN(CC1CCNCC1)C2. The maximum atomic E-state index is 6.05. The molecule has 3 rings (SSSR count). The average molecular weight is 301 g/mol. The lowest BCUT2D eigenvalue weighted by Crippen LogP contribution is -2.38. The van der Waals surface area contributed by atoms with E-state index in [-0.39, 0.29) is 12.4 Å². The van der Waals surface area contributed by atoms with Gasteiger partial charge in [-0.1, -0.05) is 17.7 Å². The van der Waals surface area contributed by atoms with Crippen molar-refractivity contribution in [1.82, 2.24) is 10.2 Å². The quantitative estimate of drug-likeness (QED) is 0.903. The number of fused-ring (bicyclic) bond motifs is 1. The summed E-state index contributed by atoms with van der Waals surface area (Å²) in [5.74, 6) is 0.889. The number of benzene rings is 1. The molecule has 1 aromatic carbocycles. The highest BCUT2D eigenvalue weighted by atomic mass is 35.5. The average Bonchev–Trinajstić information content (AvgIpc) is 2.40. The Hall–Kier alpha value is -0.280. The molecule has 106 valence electrons. The van der Waals surface area contributed by atoms with E-state index in [1.165, 1.54) is 50.1 Å². The fourth-order valence-corrected chi connectivity index (χ4v) is 3.36. The Labute approximate surface area is 126 Å².